The zero-order valence-corrected chi connectivity index (χ0v) is 24.1. The topological polar surface area (TPSA) is 107 Å². The molecule has 1 fully saturated rings. The second-order valence-electron chi connectivity index (χ2n) is 10.8. The molecular weight excluding hydrogens is 544 g/mol. The standard InChI is InChI=1S/C34H34N4O5/c1-24-30(27-16-10-5-11-17-27)37(34(41)35(24)2)33(40)31(32(39)28-18-20-29(21-19-28)38(42)43)36(22-25-12-6-3-7-13-25)23-26-14-8-4-9-15-26/h3-21,24,30-32,39H,22-23H2,1-2H3/t24-,30-,31-,32+/m0/s1. The molecule has 0 spiro atoms. The van der Waals surface area contributed by atoms with Gasteiger partial charge in [-0.3, -0.25) is 24.7 Å². The van der Waals surface area contributed by atoms with E-state index in [2.05, 4.69) is 0 Å². The Balaban J connectivity index is 1.62. The molecule has 0 aliphatic carbocycles. The van der Waals surface area contributed by atoms with Crippen molar-refractivity contribution in [1.82, 2.24) is 14.7 Å². The number of amides is 3. The maximum atomic E-state index is 14.8. The van der Waals surface area contributed by atoms with E-state index in [1.807, 2.05) is 103 Å². The predicted molar refractivity (Wildman–Crippen MR) is 163 cm³/mol. The highest BCUT2D eigenvalue weighted by Crippen LogP contribution is 2.37. The first-order chi connectivity index (χ1) is 20.8. The number of aliphatic hydroxyl groups excluding tert-OH is 1. The summed E-state index contributed by atoms with van der Waals surface area (Å²) in [5.74, 6) is -0.548. The molecule has 1 N–H and O–H groups in total. The van der Waals surface area contributed by atoms with E-state index in [9.17, 15) is 24.8 Å². The van der Waals surface area contributed by atoms with Gasteiger partial charge in [0.05, 0.1) is 17.0 Å². The molecule has 4 aromatic rings. The molecule has 9 nitrogen and oxygen atoms in total. The fraction of sp³-hybridized carbons (Fsp3) is 0.235. The summed E-state index contributed by atoms with van der Waals surface area (Å²) in [5, 5.41) is 23.3. The minimum Gasteiger partial charge on any atom is -0.386 e. The summed E-state index contributed by atoms with van der Waals surface area (Å²) in [5.41, 5.74) is 2.86. The smallest absolute Gasteiger partial charge is 0.327 e. The van der Waals surface area contributed by atoms with Crippen LogP contribution in [0.1, 0.15) is 41.3 Å². The number of non-ortho nitro benzene ring substituents is 1. The van der Waals surface area contributed by atoms with Crippen molar-refractivity contribution in [1.29, 1.82) is 0 Å². The molecular formula is C34H34N4O5. The SMILES string of the molecule is C[C@H]1[C@@H](c2ccccc2)N(C(=O)[C@H]([C@H](O)c2ccc([N+](=O)[O-])cc2)N(Cc2ccccc2)Cc2ccccc2)C(=O)N1C. The van der Waals surface area contributed by atoms with Crippen molar-refractivity contribution in [2.75, 3.05) is 7.05 Å². The number of benzene rings is 4. The molecule has 0 radical (unpaired) electrons. The Morgan fingerprint density at radius 3 is 1.84 bits per heavy atom. The predicted octanol–water partition coefficient (Wildman–Crippen LogP) is 5.72. The number of urea groups is 1. The van der Waals surface area contributed by atoms with Gasteiger partial charge in [0, 0.05) is 32.3 Å². The van der Waals surface area contributed by atoms with Crippen molar-refractivity contribution < 1.29 is 19.6 Å². The van der Waals surface area contributed by atoms with Gasteiger partial charge in [0.2, 0.25) is 0 Å². The monoisotopic (exact) mass is 578 g/mol. The molecule has 1 aliphatic rings. The molecule has 9 heteroatoms. The Bertz CT molecular complexity index is 1510. The van der Waals surface area contributed by atoms with Crippen LogP contribution in [0.15, 0.2) is 115 Å². The number of nitrogens with zero attached hydrogens (tertiary/aromatic N) is 4. The summed E-state index contributed by atoms with van der Waals surface area (Å²) < 4.78 is 0. The van der Waals surface area contributed by atoms with Gasteiger partial charge in [-0.1, -0.05) is 91.0 Å². The highest BCUT2D eigenvalue weighted by molar-refractivity contribution is 5.99. The van der Waals surface area contributed by atoms with Crippen LogP contribution in [-0.2, 0) is 17.9 Å². The summed E-state index contributed by atoms with van der Waals surface area (Å²) in [6.45, 7) is 2.51. The Kier molecular flexibility index (Phi) is 8.94. The van der Waals surface area contributed by atoms with Crippen LogP contribution in [0.5, 0.6) is 0 Å². The molecule has 1 heterocycles. The number of likely N-dealkylation sites (N-methyl/N-ethyl adjacent to an activating group) is 1. The Morgan fingerprint density at radius 2 is 1.35 bits per heavy atom. The van der Waals surface area contributed by atoms with Crippen molar-refractivity contribution in [2.45, 2.75) is 44.2 Å². The molecule has 0 bridgehead atoms. The van der Waals surface area contributed by atoms with Crippen LogP contribution in [0.2, 0.25) is 0 Å². The third kappa shape index (κ3) is 6.33. The van der Waals surface area contributed by atoms with E-state index in [1.54, 1.807) is 11.9 Å². The first kappa shape index (κ1) is 29.6. The quantitative estimate of drug-likeness (QED) is 0.190. The van der Waals surface area contributed by atoms with Crippen LogP contribution < -0.4 is 0 Å². The normalized spacial score (nSPS) is 18.1. The average molecular weight is 579 g/mol. The van der Waals surface area contributed by atoms with Gasteiger partial charge in [-0.2, -0.15) is 0 Å². The summed E-state index contributed by atoms with van der Waals surface area (Å²) in [6.07, 6.45) is -1.40. The second-order valence-corrected chi connectivity index (χ2v) is 10.8. The van der Waals surface area contributed by atoms with Gasteiger partial charge in [0.15, 0.2) is 0 Å². The lowest BCUT2D eigenvalue weighted by molar-refractivity contribution is -0.384. The van der Waals surface area contributed by atoms with Crippen LogP contribution in [0, 0.1) is 10.1 Å². The number of imide groups is 1. The Hall–Kier alpha value is -4.86. The third-order valence-electron chi connectivity index (χ3n) is 8.08. The van der Waals surface area contributed by atoms with Crippen LogP contribution in [-0.4, -0.2) is 55.8 Å². The lowest BCUT2D eigenvalue weighted by Gasteiger charge is -2.37. The van der Waals surface area contributed by atoms with E-state index in [0.29, 0.717) is 18.7 Å². The summed E-state index contributed by atoms with van der Waals surface area (Å²) in [4.78, 5) is 44.0. The molecule has 4 aromatic carbocycles. The van der Waals surface area contributed by atoms with Crippen molar-refractivity contribution in [3.63, 3.8) is 0 Å². The van der Waals surface area contributed by atoms with E-state index < -0.39 is 35.0 Å². The number of nitro groups is 1. The molecule has 1 saturated heterocycles. The summed E-state index contributed by atoms with van der Waals surface area (Å²) in [7, 11) is 1.67. The van der Waals surface area contributed by atoms with Crippen LogP contribution in [0.25, 0.3) is 0 Å². The zero-order valence-electron chi connectivity index (χ0n) is 24.1. The van der Waals surface area contributed by atoms with Crippen LogP contribution in [0.3, 0.4) is 0 Å². The van der Waals surface area contributed by atoms with Gasteiger partial charge in [0.1, 0.15) is 12.1 Å². The van der Waals surface area contributed by atoms with Gasteiger partial charge < -0.3 is 10.0 Å². The molecule has 4 atom stereocenters. The molecule has 1 aliphatic heterocycles. The van der Waals surface area contributed by atoms with E-state index in [-0.39, 0.29) is 11.7 Å². The summed E-state index contributed by atoms with van der Waals surface area (Å²) in [6, 6.07) is 31.6. The molecule has 5 rings (SSSR count). The fourth-order valence-electron chi connectivity index (χ4n) is 5.70. The second kappa shape index (κ2) is 13.0. The maximum absolute atomic E-state index is 14.8. The van der Waals surface area contributed by atoms with E-state index in [0.717, 1.165) is 16.7 Å². The number of hydrogen-bond acceptors (Lipinski definition) is 6. The molecule has 220 valence electrons. The van der Waals surface area contributed by atoms with Gasteiger partial charge in [-0.05, 0) is 41.3 Å². The number of hydrogen-bond donors (Lipinski definition) is 1. The number of carbonyl (C=O) groups excluding carboxylic acids is 2. The van der Waals surface area contributed by atoms with Crippen molar-refractivity contribution >= 4 is 17.6 Å². The van der Waals surface area contributed by atoms with E-state index in [4.69, 9.17) is 0 Å². The maximum Gasteiger partial charge on any atom is 0.327 e. The minimum atomic E-state index is -1.40. The zero-order chi connectivity index (χ0) is 30.5. The van der Waals surface area contributed by atoms with Crippen LogP contribution in [0.4, 0.5) is 10.5 Å². The highest BCUT2D eigenvalue weighted by Gasteiger charge is 2.49. The molecule has 0 aromatic heterocycles. The van der Waals surface area contributed by atoms with Gasteiger partial charge in [-0.15, -0.1) is 0 Å². The molecule has 3 amide bonds. The van der Waals surface area contributed by atoms with Crippen LogP contribution >= 0.6 is 0 Å². The van der Waals surface area contributed by atoms with E-state index >= 15 is 0 Å². The lowest BCUT2D eigenvalue weighted by Crippen LogP contribution is -2.52. The number of carbonyl (C=O) groups is 2. The number of aliphatic hydroxyl groups is 1. The minimum absolute atomic E-state index is 0.126. The molecule has 0 saturated carbocycles. The highest BCUT2D eigenvalue weighted by atomic mass is 16.6. The van der Waals surface area contributed by atoms with Crippen molar-refractivity contribution in [3.8, 4) is 0 Å². The largest absolute Gasteiger partial charge is 0.386 e. The summed E-state index contributed by atoms with van der Waals surface area (Å²) >= 11 is 0. The van der Waals surface area contributed by atoms with Gasteiger partial charge in [0.25, 0.3) is 11.6 Å². The van der Waals surface area contributed by atoms with Gasteiger partial charge >= 0.3 is 6.03 Å². The van der Waals surface area contributed by atoms with E-state index in [1.165, 1.54) is 29.2 Å². The average Bonchev–Trinajstić information content (AvgIpc) is 3.26. The number of nitro benzene ring substituents is 1. The fourth-order valence-corrected chi connectivity index (χ4v) is 5.70. The number of rotatable bonds is 10. The third-order valence-corrected chi connectivity index (χ3v) is 8.08. The Morgan fingerprint density at radius 1 is 0.860 bits per heavy atom. The Labute approximate surface area is 250 Å². The molecule has 43 heavy (non-hydrogen) atoms. The van der Waals surface area contributed by atoms with Crippen molar-refractivity contribution in [3.05, 3.63) is 148 Å². The first-order valence-electron chi connectivity index (χ1n) is 14.2. The molecule has 0 unspecified atom stereocenters. The van der Waals surface area contributed by atoms with Gasteiger partial charge in [-0.25, -0.2) is 4.79 Å². The first-order valence-corrected chi connectivity index (χ1v) is 14.2. The lowest BCUT2D eigenvalue weighted by atomic mass is 9.95. The van der Waals surface area contributed by atoms with Crippen molar-refractivity contribution in [2.24, 2.45) is 0 Å².